The highest BCUT2D eigenvalue weighted by molar-refractivity contribution is 6.37. The van der Waals surface area contributed by atoms with Gasteiger partial charge in [-0.15, -0.1) is 0 Å². The van der Waals surface area contributed by atoms with E-state index in [4.69, 9.17) is 23.2 Å². The second kappa shape index (κ2) is 5.80. The van der Waals surface area contributed by atoms with Crippen molar-refractivity contribution < 1.29 is 0 Å². The molecule has 21 heavy (non-hydrogen) atoms. The van der Waals surface area contributed by atoms with Crippen molar-refractivity contribution in [2.45, 2.75) is 0 Å². The molecule has 3 nitrogen and oxygen atoms in total. The maximum Gasteiger partial charge on any atom is 0.151 e. The van der Waals surface area contributed by atoms with Crippen molar-refractivity contribution in [1.82, 2.24) is 4.98 Å². The predicted octanol–water partition coefficient (Wildman–Crippen LogP) is 5.33. The number of benzene rings is 2. The SMILES string of the molecule is CNc1nc(Nc2cccc3ccccc23)c(Cl)cc1Cl. The third-order valence-electron chi connectivity index (χ3n) is 3.21. The van der Waals surface area contributed by atoms with Crippen LogP contribution in [0, 0.1) is 0 Å². The number of anilines is 3. The first-order valence-corrected chi connectivity index (χ1v) is 7.23. The Morgan fingerprint density at radius 1 is 0.905 bits per heavy atom. The van der Waals surface area contributed by atoms with E-state index in [2.05, 4.69) is 33.8 Å². The summed E-state index contributed by atoms with van der Waals surface area (Å²) in [5, 5.41) is 9.45. The second-order valence-electron chi connectivity index (χ2n) is 4.55. The maximum absolute atomic E-state index is 6.22. The topological polar surface area (TPSA) is 37.0 Å². The van der Waals surface area contributed by atoms with Gasteiger partial charge in [0.2, 0.25) is 0 Å². The highest BCUT2D eigenvalue weighted by atomic mass is 35.5. The van der Waals surface area contributed by atoms with Crippen molar-refractivity contribution in [3.8, 4) is 0 Å². The molecule has 1 heterocycles. The van der Waals surface area contributed by atoms with Gasteiger partial charge < -0.3 is 10.6 Å². The van der Waals surface area contributed by atoms with Crippen LogP contribution in [0.3, 0.4) is 0 Å². The Morgan fingerprint density at radius 3 is 2.43 bits per heavy atom. The quantitative estimate of drug-likeness (QED) is 0.685. The lowest BCUT2D eigenvalue weighted by Gasteiger charge is -2.12. The molecule has 5 heteroatoms. The Balaban J connectivity index is 2.07. The van der Waals surface area contributed by atoms with Crippen molar-refractivity contribution in [1.29, 1.82) is 0 Å². The number of nitrogens with one attached hydrogen (secondary N) is 2. The molecule has 0 fully saturated rings. The third kappa shape index (κ3) is 2.75. The Hall–Kier alpha value is -1.97. The molecule has 0 saturated heterocycles. The van der Waals surface area contributed by atoms with Gasteiger partial charge in [-0.3, -0.25) is 0 Å². The van der Waals surface area contributed by atoms with Gasteiger partial charge in [-0.2, -0.15) is 0 Å². The van der Waals surface area contributed by atoms with Gasteiger partial charge in [0.05, 0.1) is 10.0 Å². The predicted molar refractivity (Wildman–Crippen MR) is 91.0 cm³/mol. The molecule has 1 aromatic heterocycles. The minimum absolute atomic E-state index is 0.479. The van der Waals surface area contributed by atoms with Crippen LogP contribution in [0.25, 0.3) is 10.8 Å². The van der Waals surface area contributed by atoms with E-state index in [0.717, 1.165) is 16.5 Å². The van der Waals surface area contributed by atoms with Gasteiger partial charge >= 0.3 is 0 Å². The normalized spacial score (nSPS) is 10.6. The zero-order chi connectivity index (χ0) is 14.8. The average molecular weight is 318 g/mol. The second-order valence-corrected chi connectivity index (χ2v) is 5.37. The van der Waals surface area contributed by atoms with Crippen LogP contribution in [0.2, 0.25) is 10.0 Å². The Morgan fingerprint density at radius 2 is 1.62 bits per heavy atom. The van der Waals surface area contributed by atoms with E-state index in [1.807, 2.05) is 24.3 Å². The lowest BCUT2D eigenvalue weighted by atomic mass is 10.1. The summed E-state index contributed by atoms with van der Waals surface area (Å²) >= 11 is 12.3. The molecule has 0 spiro atoms. The number of hydrogen-bond acceptors (Lipinski definition) is 3. The maximum atomic E-state index is 6.22. The lowest BCUT2D eigenvalue weighted by Crippen LogP contribution is -2.00. The van der Waals surface area contributed by atoms with Crippen LogP contribution in [0.4, 0.5) is 17.3 Å². The van der Waals surface area contributed by atoms with Gasteiger partial charge in [-0.25, -0.2) is 4.98 Å². The number of halogens is 2. The van der Waals surface area contributed by atoms with Gasteiger partial charge in [-0.1, -0.05) is 59.6 Å². The summed E-state index contributed by atoms with van der Waals surface area (Å²) in [5.74, 6) is 1.16. The third-order valence-corrected chi connectivity index (χ3v) is 3.79. The molecule has 3 aromatic rings. The molecule has 0 amide bonds. The molecule has 2 aromatic carbocycles. The summed E-state index contributed by atoms with van der Waals surface area (Å²) in [6.45, 7) is 0. The minimum Gasteiger partial charge on any atom is -0.372 e. The summed E-state index contributed by atoms with van der Waals surface area (Å²) < 4.78 is 0. The average Bonchev–Trinajstić information content (AvgIpc) is 2.50. The molecular formula is C16H13Cl2N3. The van der Waals surface area contributed by atoms with Gasteiger partial charge in [-0.05, 0) is 17.5 Å². The van der Waals surface area contributed by atoms with Gasteiger partial charge in [0.15, 0.2) is 5.82 Å². The van der Waals surface area contributed by atoms with Crippen LogP contribution in [0.15, 0.2) is 48.5 Å². The molecule has 106 valence electrons. The molecule has 0 unspecified atom stereocenters. The summed E-state index contributed by atoms with van der Waals surface area (Å²) in [6.07, 6.45) is 0. The largest absolute Gasteiger partial charge is 0.372 e. The summed E-state index contributed by atoms with van der Waals surface area (Å²) in [4.78, 5) is 4.41. The first-order valence-electron chi connectivity index (χ1n) is 6.47. The number of rotatable bonds is 3. The van der Waals surface area contributed by atoms with Crippen LogP contribution in [0.1, 0.15) is 0 Å². The fourth-order valence-electron chi connectivity index (χ4n) is 2.19. The van der Waals surface area contributed by atoms with E-state index in [1.54, 1.807) is 13.1 Å². The number of aromatic nitrogens is 1. The van der Waals surface area contributed by atoms with Crippen molar-refractivity contribution in [2.24, 2.45) is 0 Å². The van der Waals surface area contributed by atoms with Gasteiger partial charge in [0.1, 0.15) is 5.82 Å². The lowest BCUT2D eigenvalue weighted by molar-refractivity contribution is 1.28. The Kier molecular flexibility index (Phi) is 3.86. The highest BCUT2D eigenvalue weighted by Crippen LogP contribution is 2.32. The monoisotopic (exact) mass is 317 g/mol. The molecule has 0 bridgehead atoms. The molecule has 0 aliphatic carbocycles. The van der Waals surface area contributed by atoms with Crippen LogP contribution in [0.5, 0.6) is 0 Å². The molecule has 0 aliphatic heterocycles. The minimum atomic E-state index is 0.479. The molecular weight excluding hydrogens is 305 g/mol. The van der Waals surface area contributed by atoms with E-state index >= 15 is 0 Å². The zero-order valence-electron chi connectivity index (χ0n) is 11.3. The zero-order valence-corrected chi connectivity index (χ0v) is 12.8. The van der Waals surface area contributed by atoms with Crippen molar-refractivity contribution >= 4 is 51.3 Å². The van der Waals surface area contributed by atoms with E-state index < -0.39 is 0 Å². The van der Waals surface area contributed by atoms with E-state index in [9.17, 15) is 0 Å². The molecule has 0 saturated carbocycles. The van der Waals surface area contributed by atoms with Crippen molar-refractivity contribution in [2.75, 3.05) is 17.7 Å². The first kappa shape index (κ1) is 14.0. The van der Waals surface area contributed by atoms with Gasteiger partial charge in [0, 0.05) is 18.1 Å². The fraction of sp³-hybridized carbons (Fsp3) is 0.0625. The summed E-state index contributed by atoms with van der Waals surface area (Å²) in [6, 6.07) is 15.9. The molecule has 0 aliphatic rings. The molecule has 2 N–H and O–H groups in total. The van der Waals surface area contributed by atoms with Crippen LogP contribution in [-0.4, -0.2) is 12.0 Å². The highest BCUT2D eigenvalue weighted by Gasteiger charge is 2.09. The van der Waals surface area contributed by atoms with Gasteiger partial charge in [0.25, 0.3) is 0 Å². The van der Waals surface area contributed by atoms with E-state index in [0.29, 0.717) is 21.7 Å². The first-order chi connectivity index (χ1) is 10.2. The number of nitrogens with zero attached hydrogens (tertiary/aromatic N) is 1. The summed E-state index contributed by atoms with van der Waals surface area (Å²) in [7, 11) is 1.77. The number of hydrogen-bond donors (Lipinski definition) is 2. The molecule has 3 rings (SSSR count). The van der Waals surface area contributed by atoms with Crippen LogP contribution >= 0.6 is 23.2 Å². The Bertz CT molecular complexity index is 797. The van der Waals surface area contributed by atoms with Crippen molar-refractivity contribution in [3.05, 3.63) is 58.6 Å². The smallest absolute Gasteiger partial charge is 0.151 e. The molecule has 0 atom stereocenters. The number of pyridine rings is 1. The number of fused-ring (bicyclic) bond motifs is 1. The molecule has 0 radical (unpaired) electrons. The Labute approximate surface area is 132 Å². The van der Waals surface area contributed by atoms with Crippen molar-refractivity contribution in [3.63, 3.8) is 0 Å². The summed E-state index contributed by atoms with van der Waals surface area (Å²) in [5.41, 5.74) is 0.951. The standard InChI is InChI=1S/C16H13Cl2N3/c1-19-15-12(17)9-13(18)16(21-15)20-14-8-4-6-10-5-2-3-7-11(10)14/h2-9H,1H3,(H2,19,20,21). The van der Waals surface area contributed by atoms with Crippen LogP contribution < -0.4 is 10.6 Å². The van der Waals surface area contributed by atoms with Crippen LogP contribution in [-0.2, 0) is 0 Å². The fourth-order valence-corrected chi connectivity index (χ4v) is 2.69. The van der Waals surface area contributed by atoms with E-state index in [-0.39, 0.29) is 0 Å². The van der Waals surface area contributed by atoms with E-state index in [1.165, 1.54) is 0 Å².